The summed E-state index contributed by atoms with van der Waals surface area (Å²) in [4.78, 5) is 10.6. The smallest absolute Gasteiger partial charge is 0.165 e. The van der Waals surface area contributed by atoms with E-state index in [4.69, 9.17) is 21.6 Å². The predicted molar refractivity (Wildman–Crippen MR) is 192 cm³/mol. The lowest BCUT2D eigenvalue weighted by molar-refractivity contribution is 1.08. The lowest BCUT2D eigenvalue weighted by Gasteiger charge is -2.14. The van der Waals surface area contributed by atoms with Crippen LogP contribution in [0.5, 0.6) is 0 Å². The Kier molecular flexibility index (Phi) is 5.21. The van der Waals surface area contributed by atoms with Gasteiger partial charge in [-0.25, -0.2) is 9.97 Å². The highest BCUT2D eigenvalue weighted by Crippen LogP contribution is 2.49. The zero-order valence-electron chi connectivity index (χ0n) is 23.8. The van der Waals surface area contributed by atoms with Crippen molar-refractivity contribution in [2.24, 2.45) is 0 Å². The van der Waals surface area contributed by atoms with E-state index in [9.17, 15) is 0 Å². The topological polar surface area (TPSA) is 30.7 Å². The van der Waals surface area contributed by atoms with Crippen molar-refractivity contribution in [3.8, 4) is 17.1 Å². The summed E-state index contributed by atoms with van der Waals surface area (Å²) in [5, 5.41) is 10.8. The lowest BCUT2D eigenvalue weighted by atomic mass is 9.96. The molecule has 0 aliphatic heterocycles. The van der Waals surface area contributed by atoms with E-state index in [1.807, 2.05) is 59.9 Å². The number of fused-ring (bicyclic) bond motifs is 13. The van der Waals surface area contributed by atoms with E-state index in [0.717, 1.165) is 39.1 Å². The molecular formula is C40H22ClN3S. The molecule has 0 fully saturated rings. The lowest BCUT2D eigenvalue weighted by Crippen LogP contribution is -2.03. The fourth-order valence-electron chi connectivity index (χ4n) is 7.11. The van der Waals surface area contributed by atoms with Crippen LogP contribution in [0.2, 0.25) is 5.02 Å². The Labute approximate surface area is 266 Å². The molecule has 0 spiro atoms. The maximum absolute atomic E-state index is 6.35. The first-order valence-electron chi connectivity index (χ1n) is 15.0. The fraction of sp³-hybridized carbons (Fsp3) is 0. The van der Waals surface area contributed by atoms with Crippen LogP contribution in [0.4, 0.5) is 0 Å². The third-order valence-electron chi connectivity index (χ3n) is 9.02. The first-order chi connectivity index (χ1) is 22.2. The Morgan fingerprint density at radius 3 is 1.98 bits per heavy atom. The van der Waals surface area contributed by atoms with Crippen molar-refractivity contribution < 1.29 is 0 Å². The molecule has 45 heavy (non-hydrogen) atoms. The number of benzene rings is 7. The third-order valence-corrected chi connectivity index (χ3v) is 10.4. The predicted octanol–water partition coefficient (Wildman–Crippen LogP) is 11.7. The quantitative estimate of drug-likeness (QED) is 0.195. The number of nitrogens with zero attached hydrogens (tertiary/aromatic N) is 3. The van der Waals surface area contributed by atoms with Crippen molar-refractivity contribution in [3.05, 3.63) is 138 Å². The van der Waals surface area contributed by atoms with Crippen LogP contribution < -0.4 is 0 Å². The van der Waals surface area contributed by atoms with E-state index in [2.05, 4.69) is 89.5 Å². The molecule has 0 atom stereocenters. The molecule has 0 amide bonds. The molecule has 5 heteroatoms. The number of hydrogen-bond donors (Lipinski definition) is 0. The summed E-state index contributed by atoms with van der Waals surface area (Å²) in [5.41, 5.74) is 5.77. The van der Waals surface area contributed by atoms with Gasteiger partial charge in [0.05, 0.1) is 26.8 Å². The van der Waals surface area contributed by atoms with Crippen LogP contribution in [0.25, 0.3) is 91.6 Å². The second kappa shape index (κ2) is 9.35. The van der Waals surface area contributed by atoms with Crippen LogP contribution in [-0.2, 0) is 0 Å². The number of rotatable bonds is 2. The molecule has 0 saturated heterocycles. The molecule has 0 aliphatic rings. The minimum Gasteiger partial charge on any atom is -0.290 e. The van der Waals surface area contributed by atoms with Gasteiger partial charge >= 0.3 is 0 Å². The molecule has 0 N–H and O–H groups in total. The van der Waals surface area contributed by atoms with Crippen molar-refractivity contribution in [1.82, 2.24) is 14.5 Å². The third kappa shape index (κ3) is 3.52. The fourth-order valence-corrected chi connectivity index (χ4v) is 8.51. The molecule has 7 aromatic carbocycles. The molecule has 0 aliphatic carbocycles. The Morgan fingerprint density at radius 1 is 0.533 bits per heavy atom. The summed E-state index contributed by atoms with van der Waals surface area (Å²) in [6.07, 6.45) is 0. The van der Waals surface area contributed by atoms with Crippen LogP contribution >= 0.6 is 22.9 Å². The maximum Gasteiger partial charge on any atom is 0.165 e. The van der Waals surface area contributed by atoms with E-state index in [1.54, 1.807) is 0 Å². The minimum atomic E-state index is 0.691. The number of para-hydroxylation sites is 3. The molecule has 0 unspecified atom stereocenters. The summed E-state index contributed by atoms with van der Waals surface area (Å²) in [5.74, 6) is 0.807. The molecule has 3 nitrogen and oxygen atoms in total. The minimum absolute atomic E-state index is 0.691. The Morgan fingerprint density at radius 2 is 1.18 bits per heavy atom. The Balaban J connectivity index is 1.49. The van der Waals surface area contributed by atoms with E-state index in [-0.39, 0.29) is 0 Å². The van der Waals surface area contributed by atoms with Crippen LogP contribution in [0.1, 0.15) is 0 Å². The first-order valence-corrected chi connectivity index (χ1v) is 16.1. The van der Waals surface area contributed by atoms with Gasteiger partial charge in [-0.05, 0) is 57.9 Å². The van der Waals surface area contributed by atoms with Crippen molar-refractivity contribution in [2.45, 2.75) is 0 Å². The van der Waals surface area contributed by atoms with Crippen LogP contribution in [0, 0.1) is 0 Å². The van der Waals surface area contributed by atoms with Crippen LogP contribution in [0.3, 0.4) is 0 Å². The number of thiophene rings is 1. The van der Waals surface area contributed by atoms with Crippen molar-refractivity contribution in [2.75, 3.05) is 0 Å². The SMILES string of the molecule is Clc1ccc(-c2nc3ccccc3nc2-n2c3ccccc3c3c4ccccc4c4c(sc5ccc6ccccc6c54)c32)cc1. The molecule has 210 valence electrons. The highest BCUT2D eigenvalue weighted by molar-refractivity contribution is 7.27. The van der Waals surface area contributed by atoms with Gasteiger partial charge in [-0.3, -0.25) is 4.57 Å². The molecule has 0 saturated carbocycles. The van der Waals surface area contributed by atoms with Gasteiger partial charge in [-0.1, -0.05) is 109 Å². The van der Waals surface area contributed by atoms with Crippen molar-refractivity contribution in [1.29, 1.82) is 0 Å². The van der Waals surface area contributed by atoms with Gasteiger partial charge in [0.2, 0.25) is 0 Å². The van der Waals surface area contributed by atoms with E-state index >= 15 is 0 Å². The summed E-state index contributed by atoms with van der Waals surface area (Å²) in [7, 11) is 0. The second-order valence-corrected chi connectivity index (χ2v) is 13.0. The molecule has 3 heterocycles. The first kappa shape index (κ1) is 25.1. The highest BCUT2D eigenvalue weighted by atomic mass is 35.5. The summed E-state index contributed by atoms with van der Waals surface area (Å²) in [6.45, 7) is 0. The standard InChI is InChI=1S/C40H22ClN3S/c41-25-20-17-24(18-21-25)37-40(43-31-15-7-6-14-30(31)42-37)44-32-16-8-5-13-29(32)34-27-11-3-4-12-28(27)36-35-26-10-2-1-9-23(26)19-22-33(35)45-39(36)38(34)44/h1-22H. The molecule has 0 bridgehead atoms. The van der Waals surface area contributed by atoms with E-state index in [1.165, 1.54) is 52.5 Å². The summed E-state index contributed by atoms with van der Waals surface area (Å²) < 4.78 is 4.89. The normalized spacial score (nSPS) is 12.1. The Hall–Kier alpha value is -5.29. The van der Waals surface area contributed by atoms with Crippen LogP contribution in [-0.4, -0.2) is 14.5 Å². The van der Waals surface area contributed by atoms with Gasteiger partial charge in [-0.15, -0.1) is 11.3 Å². The van der Waals surface area contributed by atoms with Gasteiger partial charge in [0, 0.05) is 36.8 Å². The van der Waals surface area contributed by atoms with Gasteiger partial charge in [0.25, 0.3) is 0 Å². The largest absolute Gasteiger partial charge is 0.290 e. The van der Waals surface area contributed by atoms with Gasteiger partial charge in [0.15, 0.2) is 5.82 Å². The zero-order valence-corrected chi connectivity index (χ0v) is 25.4. The molecule has 0 radical (unpaired) electrons. The average molecular weight is 612 g/mol. The highest BCUT2D eigenvalue weighted by Gasteiger charge is 2.25. The van der Waals surface area contributed by atoms with Gasteiger partial charge in [-0.2, -0.15) is 0 Å². The number of aromatic nitrogens is 3. The van der Waals surface area contributed by atoms with E-state index < -0.39 is 0 Å². The summed E-state index contributed by atoms with van der Waals surface area (Å²) >= 11 is 8.22. The van der Waals surface area contributed by atoms with Crippen molar-refractivity contribution in [3.63, 3.8) is 0 Å². The molecule has 10 aromatic rings. The van der Waals surface area contributed by atoms with Crippen LogP contribution in [0.15, 0.2) is 133 Å². The maximum atomic E-state index is 6.35. The van der Waals surface area contributed by atoms with Gasteiger partial charge < -0.3 is 0 Å². The average Bonchev–Trinajstić information content (AvgIpc) is 3.65. The van der Waals surface area contributed by atoms with Crippen molar-refractivity contribution >= 4 is 97.5 Å². The monoisotopic (exact) mass is 611 g/mol. The summed E-state index contributed by atoms with van der Waals surface area (Å²) in [6, 6.07) is 46.9. The second-order valence-electron chi connectivity index (χ2n) is 11.5. The number of hydrogen-bond acceptors (Lipinski definition) is 3. The zero-order chi connectivity index (χ0) is 29.6. The molecule has 10 rings (SSSR count). The molecular weight excluding hydrogens is 590 g/mol. The van der Waals surface area contributed by atoms with E-state index in [0.29, 0.717) is 5.02 Å². The number of halogens is 1. The molecule has 3 aromatic heterocycles. The van der Waals surface area contributed by atoms with Gasteiger partial charge in [0.1, 0.15) is 5.69 Å². The Bertz CT molecular complexity index is 2830.